The Hall–Kier alpha value is -1.37. The fraction of sp³-hybridized carbons (Fsp3) is 0.533. The van der Waals surface area contributed by atoms with E-state index in [1.165, 1.54) is 12.1 Å². The second-order valence-electron chi connectivity index (χ2n) is 5.01. The van der Waals surface area contributed by atoms with Crippen molar-refractivity contribution in [2.75, 3.05) is 19.7 Å². The minimum atomic E-state index is -0.378. The number of rotatable bonds is 7. The van der Waals surface area contributed by atoms with Gasteiger partial charge < -0.3 is 20.5 Å². The molecule has 0 aromatic heterocycles. The van der Waals surface area contributed by atoms with Crippen molar-refractivity contribution in [3.05, 3.63) is 30.1 Å². The molecule has 1 aromatic rings. The number of benzene rings is 1. The summed E-state index contributed by atoms with van der Waals surface area (Å²) in [5, 5.41) is 2.82. The Balaban J connectivity index is 0.00000242. The number of carbonyl (C=O) groups excluding carboxylic acids is 1. The molecule has 2 rings (SSSR count). The zero-order valence-electron chi connectivity index (χ0n) is 12.3. The van der Waals surface area contributed by atoms with Crippen LogP contribution in [0.2, 0.25) is 0 Å². The number of hydrogen-bond acceptors (Lipinski definition) is 4. The van der Waals surface area contributed by atoms with Crippen molar-refractivity contribution in [3.63, 3.8) is 0 Å². The normalized spacial score (nSPS) is 20.3. The third kappa shape index (κ3) is 5.79. The standard InChI is InChI=1S/C15H21FN2O3.ClH/c16-11-2-4-12(5-3-11)20-9-1-8-18-15(19)14-7-6-13(10-17)21-14;/h2-5,13-14H,1,6-10,17H2,(H,18,19);1H/t13-,14+;/m1./s1. The van der Waals surface area contributed by atoms with Gasteiger partial charge in [0.05, 0.1) is 12.7 Å². The molecular weight excluding hydrogens is 311 g/mol. The lowest BCUT2D eigenvalue weighted by Crippen LogP contribution is -2.36. The Morgan fingerprint density at radius 1 is 1.36 bits per heavy atom. The average molecular weight is 333 g/mol. The van der Waals surface area contributed by atoms with Gasteiger partial charge in [-0.25, -0.2) is 4.39 Å². The molecule has 5 nitrogen and oxygen atoms in total. The molecule has 1 aliphatic rings. The summed E-state index contributed by atoms with van der Waals surface area (Å²) >= 11 is 0. The molecule has 2 atom stereocenters. The molecule has 0 unspecified atom stereocenters. The van der Waals surface area contributed by atoms with Gasteiger partial charge >= 0.3 is 0 Å². The van der Waals surface area contributed by atoms with E-state index in [2.05, 4.69) is 5.32 Å². The monoisotopic (exact) mass is 332 g/mol. The number of hydrogen-bond donors (Lipinski definition) is 2. The maximum absolute atomic E-state index is 12.7. The molecule has 0 saturated carbocycles. The first-order valence-electron chi connectivity index (χ1n) is 7.20. The molecular formula is C15H22ClFN2O3. The van der Waals surface area contributed by atoms with E-state index in [4.69, 9.17) is 15.2 Å². The van der Waals surface area contributed by atoms with E-state index in [9.17, 15) is 9.18 Å². The summed E-state index contributed by atoms with van der Waals surface area (Å²) in [6, 6.07) is 5.85. The topological polar surface area (TPSA) is 73.6 Å². The van der Waals surface area contributed by atoms with E-state index in [0.29, 0.717) is 31.9 Å². The first kappa shape index (κ1) is 18.7. The Bertz CT molecular complexity index is 459. The van der Waals surface area contributed by atoms with E-state index in [-0.39, 0.29) is 36.3 Å². The van der Waals surface area contributed by atoms with Crippen LogP contribution in [-0.4, -0.2) is 37.8 Å². The summed E-state index contributed by atoms with van der Waals surface area (Å²) in [6.07, 6.45) is 1.86. The van der Waals surface area contributed by atoms with Gasteiger partial charge in [-0.05, 0) is 43.5 Å². The Labute approximate surface area is 135 Å². The molecule has 124 valence electrons. The van der Waals surface area contributed by atoms with Gasteiger partial charge in [0.1, 0.15) is 17.7 Å². The Morgan fingerprint density at radius 3 is 2.73 bits per heavy atom. The SMILES string of the molecule is Cl.NC[C@H]1CC[C@@H](C(=O)NCCCOc2ccc(F)cc2)O1. The van der Waals surface area contributed by atoms with Crippen LogP contribution in [-0.2, 0) is 9.53 Å². The molecule has 0 bridgehead atoms. The number of nitrogens with two attached hydrogens (primary N) is 1. The van der Waals surface area contributed by atoms with Crippen LogP contribution in [0.15, 0.2) is 24.3 Å². The van der Waals surface area contributed by atoms with Gasteiger partial charge in [0.15, 0.2) is 0 Å². The highest BCUT2D eigenvalue weighted by molar-refractivity contribution is 5.85. The highest BCUT2D eigenvalue weighted by Gasteiger charge is 2.29. The molecule has 1 heterocycles. The predicted molar refractivity (Wildman–Crippen MR) is 83.7 cm³/mol. The van der Waals surface area contributed by atoms with Gasteiger partial charge in [0.2, 0.25) is 5.91 Å². The molecule has 0 spiro atoms. The van der Waals surface area contributed by atoms with Crippen molar-refractivity contribution in [1.82, 2.24) is 5.32 Å². The fourth-order valence-electron chi connectivity index (χ4n) is 2.19. The van der Waals surface area contributed by atoms with E-state index in [1.807, 2.05) is 0 Å². The van der Waals surface area contributed by atoms with Gasteiger partial charge in [-0.2, -0.15) is 0 Å². The molecule has 1 fully saturated rings. The summed E-state index contributed by atoms with van der Waals surface area (Å²) in [6.45, 7) is 1.44. The third-order valence-corrected chi connectivity index (χ3v) is 3.37. The van der Waals surface area contributed by atoms with E-state index in [0.717, 1.165) is 12.8 Å². The molecule has 0 radical (unpaired) electrons. The van der Waals surface area contributed by atoms with Gasteiger partial charge in [0.25, 0.3) is 0 Å². The second-order valence-corrected chi connectivity index (χ2v) is 5.01. The summed E-state index contributed by atoms with van der Waals surface area (Å²) in [4.78, 5) is 11.8. The maximum atomic E-state index is 12.7. The number of ether oxygens (including phenoxy) is 2. The van der Waals surface area contributed by atoms with Crippen LogP contribution in [0.3, 0.4) is 0 Å². The molecule has 7 heteroatoms. The largest absolute Gasteiger partial charge is 0.494 e. The second kappa shape index (κ2) is 9.61. The van der Waals surface area contributed by atoms with Crippen LogP contribution in [0.1, 0.15) is 19.3 Å². The van der Waals surface area contributed by atoms with Crippen LogP contribution in [0.4, 0.5) is 4.39 Å². The van der Waals surface area contributed by atoms with Crippen molar-refractivity contribution in [1.29, 1.82) is 0 Å². The number of amides is 1. The van der Waals surface area contributed by atoms with Gasteiger partial charge in [-0.3, -0.25) is 4.79 Å². The van der Waals surface area contributed by atoms with Crippen LogP contribution in [0.5, 0.6) is 5.75 Å². The predicted octanol–water partition coefficient (Wildman–Crippen LogP) is 1.64. The van der Waals surface area contributed by atoms with Crippen molar-refractivity contribution in [2.45, 2.75) is 31.5 Å². The Morgan fingerprint density at radius 2 is 2.09 bits per heavy atom. The van der Waals surface area contributed by atoms with Crippen molar-refractivity contribution in [3.8, 4) is 5.75 Å². The zero-order chi connectivity index (χ0) is 15.1. The van der Waals surface area contributed by atoms with Crippen molar-refractivity contribution in [2.24, 2.45) is 5.73 Å². The van der Waals surface area contributed by atoms with E-state index < -0.39 is 0 Å². The van der Waals surface area contributed by atoms with E-state index in [1.54, 1.807) is 12.1 Å². The number of carbonyl (C=O) groups is 1. The minimum Gasteiger partial charge on any atom is -0.494 e. The summed E-state index contributed by atoms with van der Waals surface area (Å²) in [5.41, 5.74) is 5.50. The first-order valence-corrected chi connectivity index (χ1v) is 7.20. The molecule has 3 N–H and O–H groups in total. The fourth-order valence-corrected chi connectivity index (χ4v) is 2.19. The third-order valence-electron chi connectivity index (χ3n) is 3.37. The summed E-state index contributed by atoms with van der Waals surface area (Å²) in [7, 11) is 0. The smallest absolute Gasteiger partial charge is 0.249 e. The Kier molecular flexibility index (Phi) is 8.16. The lowest BCUT2D eigenvalue weighted by atomic mass is 10.2. The van der Waals surface area contributed by atoms with Gasteiger partial charge in [-0.15, -0.1) is 12.4 Å². The van der Waals surface area contributed by atoms with Gasteiger partial charge in [-0.1, -0.05) is 0 Å². The maximum Gasteiger partial charge on any atom is 0.249 e. The molecule has 0 aliphatic carbocycles. The lowest BCUT2D eigenvalue weighted by molar-refractivity contribution is -0.131. The number of nitrogens with one attached hydrogen (secondary N) is 1. The summed E-state index contributed by atoms with van der Waals surface area (Å²) < 4.78 is 23.6. The lowest BCUT2D eigenvalue weighted by Gasteiger charge is -2.12. The average Bonchev–Trinajstić information content (AvgIpc) is 2.98. The molecule has 1 aromatic carbocycles. The summed E-state index contributed by atoms with van der Waals surface area (Å²) in [5.74, 6) is 0.238. The zero-order valence-corrected chi connectivity index (χ0v) is 13.1. The van der Waals surface area contributed by atoms with Gasteiger partial charge in [0, 0.05) is 13.1 Å². The molecule has 22 heavy (non-hydrogen) atoms. The van der Waals surface area contributed by atoms with Crippen LogP contribution in [0, 0.1) is 5.82 Å². The first-order chi connectivity index (χ1) is 10.2. The van der Waals surface area contributed by atoms with Crippen LogP contribution in [0.25, 0.3) is 0 Å². The number of halogens is 2. The highest BCUT2D eigenvalue weighted by atomic mass is 35.5. The molecule has 1 saturated heterocycles. The quantitative estimate of drug-likeness (QED) is 0.744. The van der Waals surface area contributed by atoms with Crippen molar-refractivity contribution < 1.29 is 18.7 Å². The van der Waals surface area contributed by atoms with Crippen LogP contribution >= 0.6 is 12.4 Å². The molecule has 1 amide bonds. The van der Waals surface area contributed by atoms with Crippen molar-refractivity contribution >= 4 is 18.3 Å². The highest BCUT2D eigenvalue weighted by Crippen LogP contribution is 2.18. The van der Waals surface area contributed by atoms with Crippen LogP contribution < -0.4 is 15.8 Å². The minimum absolute atomic E-state index is 0. The molecule has 1 aliphatic heterocycles. The van der Waals surface area contributed by atoms with E-state index >= 15 is 0 Å².